The van der Waals surface area contributed by atoms with Gasteiger partial charge in [-0.25, -0.2) is 4.39 Å². The largest absolute Gasteiger partial charge is 0.383 e. The molecule has 15 heavy (non-hydrogen) atoms. The fraction of sp³-hybridized carbons (Fsp3) is 0.500. The van der Waals surface area contributed by atoms with Crippen LogP contribution in [0, 0.1) is 11.7 Å². The van der Waals surface area contributed by atoms with E-state index < -0.39 is 0 Å². The topological polar surface area (TPSA) is 12.0 Å². The lowest BCUT2D eigenvalue weighted by Crippen LogP contribution is -2.21. The first kappa shape index (κ1) is 9.64. The van der Waals surface area contributed by atoms with Crippen LogP contribution in [0.15, 0.2) is 16.6 Å². The molecule has 0 saturated heterocycles. The van der Waals surface area contributed by atoms with Crippen molar-refractivity contribution in [3.63, 3.8) is 0 Å². The summed E-state index contributed by atoms with van der Waals surface area (Å²) >= 11 is 3.41. The highest BCUT2D eigenvalue weighted by Crippen LogP contribution is 2.47. The third kappa shape index (κ3) is 1.48. The predicted octanol–water partition coefficient (Wildman–Crippen LogP) is 3.90. The van der Waals surface area contributed by atoms with Crippen LogP contribution in [-0.4, -0.2) is 6.54 Å². The molecule has 1 saturated carbocycles. The van der Waals surface area contributed by atoms with E-state index >= 15 is 0 Å². The van der Waals surface area contributed by atoms with E-state index in [0.29, 0.717) is 5.92 Å². The van der Waals surface area contributed by atoms with Crippen LogP contribution in [0.5, 0.6) is 0 Å². The Morgan fingerprint density at radius 3 is 2.80 bits per heavy atom. The van der Waals surface area contributed by atoms with Gasteiger partial charge in [0.2, 0.25) is 0 Å². The Morgan fingerprint density at radius 1 is 1.33 bits per heavy atom. The van der Waals surface area contributed by atoms with Crippen molar-refractivity contribution in [2.24, 2.45) is 5.92 Å². The Bertz CT molecular complexity index is 401. The van der Waals surface area contributed by atoms with Gasteiger partial charge in [0, 0.05) is 16.9 Å². The number of hydrogen-bond acceptors (Lipinski definition) is 1. The van der Waals surface area contributed by atoms with Gasteiger partial charge < -0.3 is 5.32 Å². The molecule has 0 radical (unpaired) electrons. The fourth-order valence-corrected chi connectivity index (χ4v) is 3.25. The van der Waals surface area contributed by atoms with Crippen LogP contribution in [0.3, 0.4) is 0 Å². The van der Waals surface area contributed by atoms with Gasteiger partial charge in [-0.05, 0) is 52.4 Å². The summed E-state index contributed by atoms with van der Waals surface area (Å²) in [5, 5.41) is 3.38. The summed E-state index contributed by atoms with van der Waals surface area (Å²) in [6, 6.07) is 3.23. The highest BCUT2D eigenvalue weighted by atomic mass is 79.9. The number of benzene rings is 1. The van der Waals surface area contributed by atoms with Crippen LogP contribution in [0.25, 0.3) is 0 Å². The molecule has 1 aromatic rings. The Balaban J connectivity index is 2.01. The first-order valence-electron chi connectivity index (χ1n) is 5.48. The molecule has 1 fully saturated rings. The highest BCUT2D eigenvalue weighted by molar-refractivity contribution is 9.10. The standard InChI is InChI=1S/C12H13BrFN/c13-11-5-8(14)4-9-10(6-15-12(9)11)7-2-1-3-7/h4-5,7,10,15H,1-3,6H2. The second-order valence-electron chi connectivity index (χ2n) is 4.53. The van der Waals surface area contributed by atoms with E-state index in [1.54, 1.807) is 6.07 Å². The van der Waals surface area contributed by atoms with Crippen LogP contribution >= 0.6 is 15.9 Å². The molecule has 1 unspecified atom stereocenters. The van der Waals surface area contributed by atoms with Crippen molar-refractivity contribution in [2.75, 3.05) is 11.9 Å². The van der Waals surface area contributed by atoms with Gasteiger partial charge in [0.15, 0.2) is 0 Å². The van der Waals surface area contributed by atoms with Crippen molar-refractivity contribution in [3.8, 4) is 0 Å². The Labute approximate surface area is 97.2 Å². The lowest BCUT2D eigenvalue weighted by molar-refractivity contribution is 0.272. The van der Waals surface area contributed by atoms with E-state index in [4.69, 9.17) is 0 Å². The van der Waals surface area contributed by atoms with Crippen molar-refractivity contribution in [1.82, 2.24) is 0 Å². The molecule has 0 spiro atoms. The molecule has 1 heterocycles. The molecule has 80 valence electrons. The number of fused-ring (bicyclic) bond motifs is 1. The minimum absolute atomic E-state index is 0.131. The van der Waals surface area contributed by atoms with Crippen molar-refractivity contribution < 1.29 is 4.39 Å². The van der Waals surface area contributed by atoms with E-state index in [1.807, 2.05) is 0 Å². The average molecular weight is 270 g/mol. The van der Waals surface area contributed by atoms with Crippen molar-refractivity contribution in [1.29, 1.82) is 0 Å². The number of anilines is 1. The van der Waals surface area contributed by atoms with Crippen LogP contribution in [0.1, 0.15) is 30.7 Å². The molecule has 3 heteroatoms. The molecule has 1 atom stereocenters. The zero-order valence-corrected chi connectivity index (χ0v) is 9.98. The molecule has 1 aliphatic carbocycles. The fourth-order valence-electron chi connectivity index (χ4n) is 2.66. The van der Waals surface area contributed by atoms with Crippen molar-refractivity contribution in [3.05, 3.63) is 28.0 Å². The normalized spacial score (nSPS) is 24.5. The maximum atomic E-state index is 13.3. The monoisotopic (exact) mass is 269 g/mol. The van der Waals surface area contributed by atoms with Crippen LogP contribution in [0.2, 0.25) is 0 Å². The summed E-state index contributed by atoms with van der Waals surface area (Å²) in [6.45, 7) is 0.974. The molecule has 0 aromatic heterocycles. The maximum absolute atomic E-state index is 13.3. The van der Waals surface area contributed by atoms with Crippen LogP contribution in [-0.2, 0) is 0 Å². The first-order chi connectivity index (χ1) is 7.25. The zero-order chi connectivity index (χ0) is 10.4. The Morgan fingerprint density at radius 2 is 2.13 bits per heavy atom. The van der Waals surface area contributed by atoms with Crippen LogP contribution < -0.4 is 5.32 Å². The third-order valence-electron chi connectivity index (χ3n) is 3.70. The summed E-state index contributed by atoms with van der Waals surface area (Å²) in [7, 11) is 0. The van der Waals surface area contributed by atoms with Crippen molar-refractivity contribution in [2.45, 2.75) is 25.2 Å². The predicted molar refractivity (Wildman–Crippen MR) is 62.7 cm³/mol. The summed E-state index contributed by atoms with van der Waals surface area (Å²) in [6.07, 6.45) is 3.95. The summed E-state index contributed by atoms with van der Waals surface area (Å²) in [4.78, 5) is 0. The van der Waals surface area contributed by atoms with Crippen LogP contribution in [0.4, 0.5) is 10.1 Å². The molecule has 0 bridgehead atoms. The molecule has 1 nitrogen and oxygen atoms in total. The summed E-state index contributed by atoms with van der Waals surface area (Å²) in [5.74, 6) is 1.17. The van der Waals surface area contributed by atoms with E-state index in [2.05, 4.69) is 21.2 Å². The van der Waals surface area contributed by atoms with Gasteiger partial charge in [-0.1, -0.05) is 6.42 Å². The molecular formula is C12H13BrFN. The molecule has 3 rings (SSSR count). The zero-order valence-electron chi connectivity index (χ0n) is 8.39. The molecule has 1 aromatic carbocycles. The minimum atomic E-state index is -0.131. The highest BCUT2D eigenvalue weighted by Gasteiger charge is 2.34. The molecular weight excluding hydrogens is 257 g/mol. The Kier molecular flexibility index (Phi) is 2.23. The number of rotatable bonds is 1. The maximum Gasteiger partial charge on any atom is 0.124 e. The van der Waals surface area contributed by atoms with E-state index in [9.17, 15) is 4.39 Å². The SMILES string of the molecule is Fc1cc(Br)c2c(c1)C(C1CCC1)CN2. The Hall–Kier alpha value is -0.570. The number of halogens is 2. The number of nitrogens with one attached hydrogen (secondary N) is 1. The van der Waals surface area contributed by atoms with E-state index in [-0.39, 0.29) is 5.82 Å². The lowest BCUT2D eigenvalue weighted by Gasteiger charge is -2.31. The minimum Gasteiger partial charge on any atom is -0.383 e. The van der Waals surface area contributed by atoms with Gasteiger partial charge in [-0.15, -0.1) is 0 Å². The van der Waals surface area contributed by atoms with E-state index in [0.717, 1.165) is 22.6 Å². The van der Waals surface area contributed by atoms with Crippen molar-refractivity contribution >= 4 is 21.6 Å². The quantitative estimate of drug-likeness (QED) is 0.816. The molecule has 1 N–H and O–H groups in total. The van der Waals surface area contributed by atoms with Gasteiger partial charge in [0.1, 0.15) is 5.82 Å². The molecule has 1 aliphatic heterocycles. The van der Waals surface area contributed by atoms with Gasteiger partial charge in [-0.2, -0.15) is 0 Å². The first-order valence-corrected chi connectivity index (χ1v) is 6.28. The second-order valence-corrected chi connectivity index (χ2v) is 5.38. The molecule has 0 amide bonds. The van der Waals surface area contributed by atoms with Gasteiger partial charge >= 0.3 is 0 Å². The summed E-state index contributed by atoms with van der Waals surface area (Å²) in [5.41, 5.74) is 2.28. The van der Waals surface area contributed by atoms with Gasteiger partial charge in [0.05, 0.1) is 5.69 Å². The smallest absolute Gasteiger partial charge is 0.124 e. The molecule has 2 aliphatic rings. The van der Waals surface area contributed by atoms with Gasteiger partial charge in [-0.3, -0.25) is 0 Å². The third-order valence-corrected chi connectivity index (χ3v) is 4.33. The lowest BCUT2D eigenvalue weighted by atomic mass is 9.74. The van der Waals surface area contributed by atoms with Gasteiger partial charge in [0.25, 0.3) is 0 Å². The van der Waals surface area contributed by atoms with E-state index in [1.165, 1.54) is 30.9 Å². The second kappa shape index (κ2) is 3.48. The summed E-state index contributed by atoms with van der Waals surface area (Å²) < 4.78 is 14.2. The average Bonchev–Trinajstić information content (AvgIpc) is 2.46. The number of hydrogen-bond donors (Lipinski definition) is 1.